The summed E-state index contributed by atoms with van der Waals surface area (Å²) in [4.78, 5) is 0.199. The van der Waals surface area contributed by atoms with Crippen LogP contribution in [0.25, 0.3) is 0 Å². The van der Waals surface area contributed by atoms with Crippen molar-refractivity contribution in [2.24, 2.45) is 0 Å². The Morgan fingerprint density at radius 3 is 2.52 bits per heavy atom. The fourth-order valence-corrected chi connectivity index (χ4v) is 3.38. The molecule has 1 rings (SSSR count). The van der Waals surface area contributed by atoms with Gasteiger partial charge in [0.25, 0.3) is 0 Å². The molecule has 0 aliphatic carbocycles. The Balaban J connectivity index is 2.87. The van der Waals surface area contributed by atoms with Crippen molar-refractivity contribution in [1.82, 2.24) is 10.0 Å². The molecule has 0 bridgehead atoms. The summed E-state index contributed by atoms with van der Waals surface area (Å²) < 4.78 is 27.0. The Morgan fingerprint density at radius 1 is 1.33 bits per heavy atom. The van der Waals surface area contributed by atoms with Crippen molar-refractivity contribution in [2.45, 2.75) is 37.0 Å². The zero-order valence-corrected chi connectivity index (χ0v) is 15.3. The summed E-state index contributed by atoms with van der Waals surface area (Å²) in [5.41, 5.74) is 0.891. The number of hydrogen-bond acceptors (Lipinski definition) is 4. The van der Waals surface area contributed by atoms with E-state index in [4.69, 9.17) is 11.6 Å². The van der Waals surface area contributed by atoms with Gasteiger partial charge in [-0.25, -0.2) is 13.1 Å². The van der Waals surface area contributed by atoms with Gasteiger partial charge in [-0.1, -0.05) is 24.6 Å². The average Bonchev–Trinajstić information content (AvgIpc) is 2.44. The predicted molar refractivity (Wildman–Crippen MR) is 91.6 cm³/mol. The highest BCUT2D eigenvalue weighted by Crippen LogP contribution is 2.23. The van der Waals surface area contributed by atoms with Crippen molar-refractivity contribution >= 4 is 33.4 Å². The van der Waals surface area contributed by atoms with Gasteiger partial charge in [0.1, 0.15) is 0 Å². The van der Waals surface area contributed by atoms with Gasteiger partial charge in [0.05, 0.1) is 4.90 Å². The molecule has 0 fully saturated rings. The molecule has 0 aromatic heterocycles. The van der Waals surface area contributed by atoms with Crippen LogP contribution in [0.2, 0.25) is 5.02 Å². The molecule has 0 aliphatic rings. The number of halogens is 1. The van der Waals surface area contributed by atoms with E-state index in [2.05, 4.69) is 10.0 Å². The van der Waals surface area contributed by atoms with E-state index in [1.807, 2.05) is 27.0 Å². The lowest BCUT2D eigenvalue weighted by molar-refractivity contribution is 0.570. The van der Waals surface area contributed by atoms with E-state index in [-0.39, 0.29) is 9.64 Å². The van der Waals surface area contributed by atoms with Crippen LogP contribution in [0.3, 0.4) is 0 Å². The largest absolute Gasteiger partial charge is 0.313 e. The molecule has 4 nitrogen and oxygen atoms in total. The third-order valence-corrected chi connectivity index (χ3v) is 6.14. The predicted octanol–water partition coefficient (Wildman–Crippen LogP) is 2.87. The monoisotopic (exact) mass is 350 g/mol. The summed E-state index contributed by atoms with van der Waals surface area (Å²) in [6, 6.07) is 4.84. The summed E-state index contributed by atoms with van der Waals surface area (Å²) in [7, 11) is -3.53. The van der Waals surface area contributed by atoms with Crippen molar-refractivity contribution in [3.8, 4) is 0 Å². The minimum atomic E-state index is -3.53. The third-order valence-electron chi connectivity index (χ3n) is 3.14. The highest BCUT2D eigenvalue weighted by molar-refractivity contribution is 8.00. The Hall–Kier alpha value is -0.270. The number of sulfonamides is 1. The summed E-state index contributed by atoms with van der Waals surface area (Å²) in [5.74, 6) is 0. The molecule has 120 valence electrons. The lowest BCUT2D eigenvalue weighted by Crippen LogP contribution is -2.36. The molecule has 0 unspecified atom stereocenters. The van der Waals surface area contributed by atoms with Crippen LogP contribution in [-0.2, 0) is 16.6 Å². The van der Waals surface area contributed by atoms with Gasteiger partial charge in [0.15, 0.2) is 0 Å². The van der Waals surface area contributed by atoms with E-state index in [0.29, 0.717) is 18.1 Å². The molecule has 0 heterocycles. The lowest BCUT2D eigenvalue weighted by Gasteiger charge is -2.22. The first-order valence-corrected chi connectivity index (χ1v) is 9.84. The van der Waals surface area contributed by atoms with Crippen molar-refractivity contribution < 1.29 is 8.42 Å². The van der Waals surface area contributed by atoms with Gasteiger partial charge in [-0.3, -0.25) is 0 Å². The highest BCUT2D eigenvalue weighted by Gasteiger charge is 2.21. The molecule has 21 heavy (non-hydrogen) atoms. The van der Waals surface area contributed by atoms with Crippen LogP contribution in [0, 0.1) is 0 Å². The first-order chi connectivity index (χ1) is 9.72. The summed E-state index contributed by atoms with van der Waals surface area (Å²) in [5, 5.41) is 3.63. The quantitative estimate of drug-likeness (QED) is 0.757. The molecular formula is C14H23ClN2O2S2. The molecule has 7 heteroatoms. The van der Waals surface area contributed by atoms with E-state index in [1.54, 1.807) is 23.9 Å². The molecule has 2 N–H and O–H groups in total. The van der Waals surface area contributed by atoms with Crippen LogP contribution in [0.15, 0.2) is 23.1 Å². The van der Waals surface area contributed by atoms with Crippen molar-refractivity contribution in [3.05, 3.63) is 28.8 Å². The van der Waals surface area contributed by atoms with Gasteiger partial charge in [0, 0.05) is 22.9 Å². The van der Waals surface area contributed by atoms with E-state index in [1.165, 1.54) is 6.07 Å². The normalized spacial score (nSPS) is 12.6. The number of benzene rings is 1. The lowest BCUT2D eigenvalue weighted by atomic mass is 10.2. The van der Waals surface area contributed by atoms with Gasteiger partial charge >= 0.3 is 0 Å². The first kappa shape index (κ1) is 18.8. The van der Waals surface area contributed by atoms with Gasteiger partial charge < -0.3 is 5.32 Å². The van der Waals surface area contributed by atoms with E-state index in [9.17, 15) is 8.42 Å². The zero-order valence-electron chi connectivity index (χ0n) is 12.9. The Labute approximate surface area is 137 Å². The molecule has 0 spiro atoms. The van der Waals surface area contributed by atoms with Crippen LogP contribution in [0.1, 0.15) is 26.3 Å². The number of hydrogen-bond donors (Lipinski definition) is 2. The number of rotatable bonds is 8. The van der Waals surface area contributed by atoms with Crippen LogP contribution < -0.4 is 10.0 Å². The molecule has 1 aromatic carbocycles. The molecule has 1 aromatic rings. The molecule has 0 saturated heterocycles. The average molecular weight is 351 g/mol. The standard InChI is InChI=1S/C14H23ClN2O2S2/c1-5-16-9-11-6-7-12(8-13(11)15)21(18,19)17-10-14(2,3)20-4/h6-8,16-17H,5,9-10H2,1-4H3. The maximum absolute atomic E-state index is 12.3. The maximum Gasteiger partial charge on any atom is 0.240 e. The zero-order chi connectivity index (χ0) is 16.1. The van der Waals surface area contributed by atoms with Crippen LogP contribution in [0.4, 0.5) is 0 Å². The number of thioether (sulfide) groups is 1. The SMILES string of the molecule is CCNCc1ccc(S(=O)(=O)NCC(C)(C)SC)cc1Cl. The second-order valence-electron chi connectivity index (χ2n) is 5.32. The molecule has 0 amide bonds. The van der Waals surface area contributed by atoms with Gasteiger partial charge in [-0.15, -0.1) is 0 Å². The summed E-state index contributed by atoms with van der Waals surface area (Å²) in [6.07, 6.45) is 1.96. The van der Waals surface area contributed by atoms with Gasteiger partial charge in [-0.05, 0) is 44.3 Å². The van der Waals surface area contributed by atoms with Crippen molar-refractivity contribution in [1.29, 1.82) is 0 Å². The van der Waals surface area contributed by atoms with E-state index >= 15 is 0 Å². The number of nitrogens with one attached hydrogen (secondary N) is 2. The second-order valence-corrected chi connectivity index (χ2v) is 9.01. The fraction of sp³-hybridized carbons (Fsp3) is 0.571. The smallest absolute Gasteiger partial charge is 0.240 e. The molecule has 0 saturated carbocycles. The second kappa shape index (κ2) is 7.83. The van der Waals surface area contributed by atoms with Crippen LogP contribution in [0.5, 0.6) is 0 Å². The first-order valence-electron chi connectivity index (χ1n) is 6.76. The molecule has 0 atom stereocenters. The fourth-order valence-electron chi connectivity index (χ4n) is 1.52. The van der Waals surface area contributed by atoms with Crippen molar-refractivity contribution in [3.63, 3.8) is 0 Å². The molecular weight excluding hydrogens is 328 g/mol. The Bertz CT molecular complexity index is 574. The Morgan fingerprint density at radius 2 is 2.00 bits per heavy atom. The van der Waals surface area contributed by atoms with E-state index < -0.39 is 10.0 Å². The van der Waals surface area contributed by atoms with Crippen LogP contribution in [-0.4, -0.2) is 32.5 Å². The topological polar surface area (TPSA) is 58.2 Å². The molecule has 0 radical (unpaired) electrons. The summed E-state index contributed by atoms with van der Waals surface area (Å²) >= 11 is 7.77. The van der Waals surface area contributed by atoms with Crippen molar-refractivity contribution in [2.75, 3.05) is 19.3 Å². The Kier molecular flexibility index (Phi) is 7.00. The van der Waals surface area contributed by atoms with Gasteiger partial charge in [0.2, 0.25) is 10.0 Å². The molecule has 0 aliphatic heterocycles. The van der Waals surface area contributed by atoms with Crippen LogP contribution >= 0.6 is 23.4 Å². The third kappa shape index (κ3) is 5.79. The van der Waals surface area contributed by atoms with E-state index in [0.717, 1.165) is 12.1 Å². The maximum atomic E-state index is 12.3. The highest BCUT2D eigenvalue weighted by atomic mass is 35.5. The minimum absolute atomic E-state index is 0.151. The van der Waals surface area contributed by atoms with Gasteiger partial charge in [-0.2, -0.15) is 11.8 Å². The summed E-state index contributed by atoms with van der Waals surface area (Å²) in [6.45, 7) is 7.82. The minimum Gasteiger partial charge on any atom is -0.313 e.